The summed E-state index contributed by atoms with van der Waals surface area (Å²) in [6.45, 7) is 9.92. The quantitative estimate of drug-likeness (QED) is 0.434. The third-order valence-corrected chi connectivity index (χ3v) is 4.76. The zero-order chi connectivity index (χ0) is 16.8. The molecule has 0 radical (unpaired) electrons. The third-order valence-electron chi connectivity index (χ3n) is 4.76. The second-order valence-electron chi connectivity index (χ2n) is 6.71. The van der Waals surface area contributed by atoms with Crippen LogP contribution in [0.5, 0.6) is 0 Å². The number of hydrogen-bond acceptors (Lipinski definition) is 4. The third kappa shape index (κ3) is 7.91. The molecule has 0 saturated heterocycles. The van der Waals surface area contributed by atoms with Crippen LogP contribution in [0.4, 0.5) is 0 Å². The molecule has 0 aliphatic heterocycles. The summed E-state index contributed by atoms with van der Waals surface area (Å²) in [5.41, 5.74) is 18.6. The van der Waals surface area contributed by atoms with Gasteiger partial charge in [-0.15, -0.1) is 0 Å². The van der Waals surface area contributed by atoms with Crippen molar-refractivity contribution in [3.8, 4) is 0 Å². The monoisotopic (exact) mass is 314 g/mol. The summed E-state index contributed by atoms with van der Waals surface area (Å²) in [5.74, 6) is 0. The highest BCUT2D eigenvalue weighted by atomic mass is 15.2. The van der Waals surface area contributed by atoms with E-state index in [-0.39, 0.29) is 5.54 Å². The Morgan fingerprint density at radius 2 is 1.27 bits per heavy atom. The minimum atomic E-state index is -0.0917. The van der Waals surface area contributed by atoms with E-state index in [2.05, 4.69) is 25.7 Å². The molecular formula is C18H42N4. The van der Waals surface area contributed by atoms with Crippen LogP contribution < -0.4 is 17.2 Å². The Bertz CT molecular complexity index is 231. The molecule has 4 heteroatoms. The highest BCUT2D eigenvalue weighted by Crippen LogP contribution is 2.29. The van der Waals surface area contributed by atoms with Gasteiger partial charge in [-0.05, 0) is 19.3 Å². The van der Waals surface area contributed by atoms with Gasteiger partial charge in [0.1, 0.15) is 0 Å². The molecule has 0 fully saturated rings. The zero-order valence-electron chi connectivity index (χ0n) is 15.4. The molecule has 0 aliphatic carbocycles. The molecule has 0 saturated carbocycles. The van der Waals surface area contributed by atoms with Crippen LogP contribution in [0.1, 0.15) is 78.6 Å². The Hall–Kier alpha value is -0.160. The van der Waals surface area contributed by atoms with E-state index in [0.717, 1.165) is 25.9 Å². The highest BCUT2D eigenvalue weighted by molar-refractivity contribution is 4.97. The first-order chi connectivity index (χ1) is 10.6. The van der Waals surface area contributed by atoms with Crippen molar-refractivity contribution in [2.24, 2.45) is 17.2 Å². The lowest BCUT2D eigenvalue weighted by atomic mass is 9.78. The van der Waals surface area contributed by atoms with Crippen molar-refractivity contribution in [2.45, 2.75) is 90.1 Å². The molecule has 0 bridgehead atoms. The lowest BCUT2D eigenvalue weighted by Gasteiger charge is -2.45. The molecule has 1 unspecified atom stereocenters. The summed E-state index contributed by atoms with van der Waals surface area (Å²) < 4.78 is 0. The van der Waals surface area contributed by atoms with E-state index >= 15 is 0 Å². The van der Waals surface area contributed by atoms with Gasteiger partial charge in [0.15, 0.2) is 0 Å². The van der Waals surface area contributed by atoms with Crippen LogP contribution in [-0.4, -0.2) is 42.7 Å². The van der Waals surface area contributed by atoms with Crippen molar-refractivity contribution in [3.63, 3.8) is 0 Å². The van der Waals surface area contributed by atoms with Crippen LogP contribution in [0.2, 0.25) is 0 Å². The Labute approximate surface area is 139 Å². The van der Waals surface area contributed by atoms with E-state index in [4.69, 9.17) is 17.2 Å². The summed E-state index contributed by atoms with van der Waals surface area (Å²) in [7, 11) is 0. The van der Waals surface area contributed by atoms with E-state index in [1.807, 2.05) is 0 Å². The summed E-state index contributed by atoms with van der Waals surface area (Å²) in [6.07, 6.45) is 10.7. The molecule has 0 amide bonds. The molecule has 4 nitrogen and oxygen atoms in total. The molecule has 0 aromatic carbocycles. The van der Waals surface area contributed by atoms with Gasteiger partial charge in [-0.25, -0.2) is 0 Å². The molecule has 22 heavy (non-hydrogen) atoms. The van der Waals surface area contributed by atoms with E-state index in [1.54, 1.807) is 0 Å². The number of hydrogen-bond donors (Lipinski definition) is 3. The fourth-order valence-corrected chi connectivity index (χ4v) is 3.46. The van der Waals surface area contributed by atoms with Crippen LogP contribution in [-0.2, 0) is 0 Å². The maximum Gasteiger partial charge on any atom is 0.0312 e. The molecule has 1 atom stereocenters. The minimum absolute atomic E-state index is 0.0917. The minimum Gasteiger partial charge on any atom is -0.329 e. The zero-order valence-corrected chi connectivity index (χ0v) is 15.4. The summed E-state index contributed by atoms with van der Waals surface area (Å²) in [5, 5.41) is 0. The Balaban J connectivity index is 5.20. The summed E-state index contributed by atoms with van der Waals surface area (Å²) in [4.78, 5) is 2.47. The molecule has 0 aromatic heterocycles. The van der Waals surface area contributed by atoms with Gasteiger partial charge in [-0.2, -0.15) is 0 Å². The van der Waals surface area contributed by atoms with Crippen molar-refractivity contribution in [1.82, 2.24) is 4.90 Å². The first-order valence-corrected chi connectivity index (χ1v) is 9.52. The molecule has 0 aromatic rings. The summed E-state index contributed by atoms with van der Waals surface area (Å²) >= 11 is 0. The highest BCUT2D eigenvalue weighted by Gasteiger charge is 2.36. The Morgan fingerprint density at radius 3 is 1.64 bits per heavy atom. The van der Waals surface area contributed by atoms with E-state index in [0.29, 0.717) is 19.1 Å². The number of nitrogens with two attached hydrogens (primary N) is 3. The standard InChI is InChI=1S/C18H42N4/c1-4-7-10-17(22(15-13-19)16-14-20)18(21,11-8-5-2)12-9-6-3/h17H,4-16,19-21H2,1-3H3. The van der Waals surface area contributed by atoms with Crippen molar-refractivity contribution in [3.05, 3.63) is 0 Å². The maximum atomic E-state index is 6.99. The van der Waals surface area contributed by atoms with E-state index in [9.17, 15) is 0 Å². The normalized spacial score (nSPS) is 13.8. The molecule has 0 heterocycles. The topological polar surface area (TPSA) is 81.3 Å². The largest absolute Gasteiger partial charge is 0.329 e. The molecule has 0 spiro atoms. The fraction of sp³-hybridized carbons (Fsp3) is 1.00. The average Bonchev–Trinajstić information content (AvgIpc) is 2.51. The maximum absolute atomic E-state index is 6.99. The second kappa shape index (κ2) is 13.3. The smallest absolute Gasteiger partial charge is 0.0312 e. The second-order valence-corrected chi connectivity index (χ2v) is 6.71. The van der Waals surface area contributed by atoms with Crippen molar-refractivity contribution >= 4 is 0 Å². The summed E-state index contributed by atoms with van der Waals surface area (Å²) in [6, 6.07) is 0.414. The van der Waals surface area contributed by atoms with Crippen LogP contribution in [0.15, 0.2) is 0 Å². The van der Waals surface area contributed by atoms with Gasteiger partial charge in [0.2, 0.25) is 0 Å². The van der Waals surface area contributed by atoms with Crippen LogP contribution >= 0.6 is 0 Å². The lowest BCUT2D eigenvalue weighted by Crippen LogP contribution is -2.60. The van der Waals surface area contributed by atoms with E-state index < -0.39 is 0 Å². The number of rotatable bonds is 15. The van der Waals surface area contributed by atoms with E-state index in [1.165, 1.54) is 44.9 Å². The predicted octanol–water partition coefficient (Wildman–Crippen LogP) is 2.84. The van der Waals surface area contributed by atoms with Crippen LogP contribution in [0.3, 0.4) is 0 Å². The van der Waals surface area contributed by atoms with Crippen LogP contribution in [0, 0.1) is 0 Å². The van der Waals surface area contributed by atoms with Gasteiger partial charge in [-0.1, -0.05) is 59.3 Å². The molecule has 134 valence electrons. The van der Waals surface area contributed by atoms with Gasteiger partial charge in [0.25, 0.3) is 0 Å². The Morgan fingerprint density at radius 1 is 0.818 bits per heavy atom. The van der Waals surface area contributed by atoms with Gasteiger partial charge in [-0.3, -0.25) is 4.90 Å². The molecular weight excluding hydrogens is 272 g/mol. The van der Waals surface area contributed by atoms with Gasteiger partial charge in [0, 0.05) is 37.8 Å². The number of nitrogens with zero attached hydrogens (tertiary/aromatic N) is 1. The molecule has 6 N–H and O–H groups in total. The van der Waals surface area contributed by atoms with Gasteiger partial charge >= 0.3 is 0 Å². The lowest BCUT2D eigenvalue weighted by molar-refractivity contribution is 0.0983. The van der Waals surface area contributed by atoms with Gasteiger partial charge < -0.3 is 17.2 Å². The SMILES string of the molecule is CCCCC(N(CCN)CCN)C(N)(CCCC)CCCC. The van der Waals surface area contributed by atoms with Crippen molar-refractivity contribution < 1.29 is 0 Å². The van der Waals surface area contributed by atoms with Crippen molar-refractivity contribution in [2.75, 3.05) is 26.2 Å². The number of unbranched alkanes of at least 4 members (excludes halogenated alkanes) is 3. The first-order valence-electron chi connectivity index (χ1n) is 9.52. The first kappa shape index (κ1) is 21.8. The van der Waals surface area contributed by atoms with Gasteiger partial charge in [0.05, 0.1) is 0 Å². The van der Waals surface area contributed by atoms with Crippen molar-refractivity contribution in [1.29, 1.82) is 0 Å². The Kier molecular flexibility index (Phi) is 13.2. The molecule has 0 rings (SSSR count). The molecule has 0 aliphatic rings. The average molecular weight is 315 g/mol. The van der Waals surface area contributed by atoms with Crippen LogP contribution in [0.25, 0.3) is 0 Å². The predicted molar refractivity (Wildman–Crippen MR) is 99.0 cm³/mol. The fourth-order valence-electron chi connectivity index (χ4n) is 3.46.